The van der Waals surface area contributed by atoms with Crippen molar-refractivity contribution in [2.75, 3.05) is 0 Å². The Morgan fingerprint density at radius 2 is 1.76 bits per heavy atom. The van der Waals surface area contributed by atoms with E-state index in [9.17, 15) is 9.59 Å². The topological polar surface area (TPSA) is 37.4 Å². The first kappa shape index (κ1) is 13.9. The number of nitrogens with zero attached hydrogens (tertiary/aromatic N) is 1. The van der Waals surface area contributed by atoms with Crippen molar-refractivity contribution in [1.82, 2.24) is 4.31 Å². The molecule has 0 bridgehead atoms. The third kappa shape index (κ3) is 2.25. The Balaban J connectivity index is 2.02. The van der Waals surface area contributed by atoms with E-state index in [1.165, 1.54) is 11.9 Å². The van der Waals surface area contributed by atoms with Gasteiger partial charge in [-0.25, -0.2) is 0 Å². The molecule has 0 aromatic heterocycles. The van der Waals surface area contributed by atoms with E-state index in [4.69, 9.17) is 0 Å². The predicted molar refractivity (Wildman–Crippen MR) is 83.2 cm³/mol. The van der Waals surface area contributed by atoms with Gasteiger partial charge < -0.3 is 4.79 Å². The maximum atomic E-state index is 12.9. The van der Waals surface area contributed by atoms with Crippen molar-refractivity contribution in [1.29, 1.82) is 0 Å². The lowest BCUT2D eigenvalue weighted by Gasteiger charge is -2.21. The zero-order valence-electron chi connectivity index (χ0n) is 11.9. The van der Waals surface area contributed by atoms with E-state index in [0.29, 0.717) is 5.56 Å². The number of fused-ring (bicyclic) bond motifs is 1. The summed E-state index contributed by atoms with van der Waals surface area (Å²) in [5.41, 5.74) is 3.45. The minimum atomic E-state index is -0.516. The molecule has 1 heterocycles. The van der Waals surface area contributed by atoms with Gasteiger partial charge in [0, 0.05) is 10.5 Å². The summed E-state index contributed by atoms with van der Waals surface area (Å²) in [7, 11) is 0. The molecule has 21 heavy (non-hydrogen) atoms. The van der Waals surface area contributed by atoms with Crippen molar-refractivity contribution in [3.05, 3.63) is 64.7 Å². The smallest absolute Gasteiger partial charge is 0.265 e. The van der Waals surface area contributed by atoms with E-state index in [-0.39, 0.29) is 5.91 Å². The molecule has 0 saturated heterocycles. The monoisotopic (exact) mass is 297 g/mol. The number of rotatable bonds is 2. The van der Waals surface area contributed by atoms with Gasteiger partial charge in [-0.3, -0.25) is 9.10 Å². The van der Waals surface area contributed by atoms with E-state index >= 15 is 0 Å². The Morgan fingerprint density at radius 1 is 1.10 bits per heavy atom. The van der Waals surface area contributed by atoms with Gasteiger partial charge in [0.05, 0.1) is 0 Å². The molecule has 1 amide bonds. The van der Waals surface area contributed by atoms with Crippen LogP contribution in [0.2, 0.25) is 0 Å². The number of aldehydes is 1. The van der Waals surface area contributed by atoms with Gasteiger partial charge in [-0.15, -0.1) is 0 Å². The van der Waals surface area contributed by atoms with Gasteiger partial charge >= 0.3 is 0 Å². The highest BCUT2D eigenvalue weighted by atomic mass is 32.2. The van der Waals surface area contributed by atoms with Crippen molar-refractivity contribution >= 4 is 24.1 Å². The highest BCUT2D eigenvalue weighted by Crippen LogP contribution is 2.44. The average Bonchev–Trinajstić information content (AvgIpc) is 2.85. The lowest BCUT2D eigenvalue weighted by molar-refractivity contribution is -0.110. The van der Waals surface area contributed by atoms with Gasteiger partial charge in [0.25, 0.3) is 5.91 Å². The molecule has 0 aliphatic carbocycles. The standard InChI is InChI=1S/C17H15NO2S/c1-11-6-5-7-12(2)16(11)17(20)18-14(10-19)13-8-3-4-9-15(13)21-18/h3-10,14H,1-2H3. The van der Waals surface area contributed by atoms with E-state index in [0.717, 1.165) is 27.9 Å². The molecular formula is C17H15NO2S. The molecule has 4 heteroatoms. The molecule has 106 valence electrons. The molecule has 0 radical (unpaired) electrons. The summed E-state index contributed by atoms with van der Waals surface area (Å²) in [4.78, 5) is 25.3. The second-order valence-corrected chi connectivity index (χ2v) is 6.12. The van der Waals surface area contributed by atoms with Crippen LogP contribution in [0, 0.1) is 13.8 Å². The van der Waals surface area contributed by atoms with Crippen LogP contribution < -0.4 is 0 Å². The first-order valence-corrected chi connectivity index (χ1v) is 7.53. The molecule has 3 nitrogen and oxygen atoms in total. The number of hydrogen-bond donors (Lipinski definition) is 0. The Morgan fingerprint density at radius 3 is 2.43 bits per heavy atom. The molecule has 1 atom stereocenters. The fourth-order valence-electron chi connectivity index (χ4n) is 2.66. The Labute approximate surface area is 128 Å². The van der Waals surface area contributed by atoms with Gasteiger partial charge in [-0.05, 0) is 48.6 Å². The van der Waals surface area contributed by atoms with Crippen LogP contribution in [0.1, 0.15) is 33.1 Å². The molecule has 2 aromatic rings. The fourth-order valence-corrected chi connectivity index (χ4v) is 3.75. The molecule has 1 aliphatic heterocycles. The van der Waals surface area contributed by atoms with Gasteiger partial charge in [-0.1, -0.05) is 36.4 Å². The maximum absolute atomic E-state index is 12.9. The first-order chi connectivity index (χ1) is 10.1. The summed E-state index contributed by atoms with van der Waals surface area (Å²) in [6, 6.07) is 12.9. The second kappa shape index (κ2) is 5.37. The summed E-state index contributed by atoms with van der Waals surface area (Å²) in [5.74, 6) is -0.108. The quantitative estimate of drug-likeness (QED) is 0.626. The van der Waals surface area contributed by atoms with Gasteiger partial charge in [0.2, 0.25) is 0 Å². The van der Waals surface area contributed by atoms with Crippen LogP contribution in [0.4, 0.5) is 0 Å². The van der Waals surface area contributed by atoms with Crippen molar-refractivity contribution < 1.29 is 9.59 Å². The maximum Gasteiger partial charge on any atom is 0.265 e. The minimum Gasteiger partial charge on any atom is -0.301 e. The summed E-state index contributed by atoms with van der Waals surface area (Å²) in [6.45, 7) is 3.84. The van der Waals surface area contributed by atoms with Crippen LogP contribution in [-0.4, -0.2) is 16.5 Å². The first-order valence-electron chi connectivity index (χ1n) is 6.75. The third-order valence-corrected chi connectivity index (χ3v) is 4.87. The number of carbonyl (C=O) groups excluding carboxylic acids is 2. The number of benzene rings is 2. The second-order valence-electron chi connectivity index (χ2n) is 5.11. The number of hydrogen-bond acceptors (Lipinski definition) is 3. The van der Waals surface area contributed by atoms with Crippen molar-refractivity contribution in [3.63, 3.8) is 0 Å². The van der Waals surface area contributed by atoms with Crippen molar-refractivity contribution in [2.45, 2.75) is 24.8 Å². The zero-order valence-corrected chi connectivity index (χ0v) is 12.7. The Bertz CT molecular complexity index is 706. The molecule has 1 aliphatic rings. The number of carbonyl (C=O) groups is 2. The highest BCUT2D eigenvalue weighted by Gasteiger charge is 2.35. The largest absolute Gasteiger partial charge is 0.301 e. The summed E-state index contributed by atoms with van der Waals surface area (Å²) < 4.78 is 1.58. The van der Waals surface area contributed by atoms with E-state index in [2.05, 4.69) is 0 Å². The molecule has 0 fully saturated rings. The van der Waals surface area contributed by atoms with E-state index < -0.39 is 6.04 Å². The fraction of sp³-hybridized carbons (Fsp3) is 0.176. The normalized spacial score (nSPS) is 16.7. The van der Waals surface area contributed by atoms with Gasteiger partial charge in [0.15, 0.2) is 0 Å². The number of amides is 1. The van der Waals surface area contributed by atoms with Crippen LogP contribution in [0.25, 0.3) is 0 Å². The molecular weight excluding hydrogens is 282 g/mol. The molecule has 0 N–H and O–H groups in total. The van der Waals surface area contributed by atoms with Crippen molar-refractivity contribution in [2.24, 2.45) is 0 Å². The third-order valence-electron chi connectivity index (χ3n) is 3.71. The average molecular weight is 297 g/mol. The Kier molecular flexibility index (Phi) is 3.55. The molecule has 0 spiro atoms. The summed E-state index contributed by atoms with van der Waals surface area (Å²) >= 11 is 1.34. The van der Waals surface area contributed by atoms with E-state index in [1.807, 2.05) is 56.3 Å². The number of aryl methyl sites for hydroxylation is 2. The molecule has 0 saturated carbocycles. The summed E-state index contributed by atoms with van der Waals surface area (Å²) in [5, 5.41) is 0. The molecule has 3 rings (SSSR count). The van der Waals surface area contributed by atoms with E-state index in [1.54, 1.807) is 4.31 Å². The minimum absolute atomic E-state index is 0.108. The zero-order chi connectivity index (χ0) is 15.0. The van der Waals surface area contributed by atoms with Crippen LogP contribution in [0.5, 0.6) is 0 Å². The van der Waals surface area contributed by atoms with Crippen LogP contribution in [0.3, 0.4) is 0 Å². The van der Waals surface area contributed by atoms with Crippen LogP contribution >= 0.6 is 11.9 Å². The summed E-state index contributed by atoms with van der Waals surface area (Å²) in [6.07, 6.45) is 0.838. The SMILES string of the molecule is Cc1cccc(C)c1C(=O)N1Sc2ccccc2C1C=O. The van der Waals surface area contributed by atoms with Crippen LogP contribution in [0.15, 0.2) is 47.4 Å². The molecule has 1 unspecified atom stereocenters. The Hall–Kier alpha value is -2.07. The predicted octanol–water partition coefficient (Wildman–Crippen LogP) is 3.71. The lowest BCUT2D eigenvalue weighted by Crippen LogP contribution is -2.27. The van der Waals surface area contributed by atoms with Crippen molar-refractivity contribution in [3.8, 4) is 0 Å². The van der Waals surface area contributed by atoms with Crippen LogP contribution in [-0.2, 0) is 4.79 Å². The molecule has 2 aromatic carbocycles. The highest BCUT2D eigenvalue weighted by molar-refractivity contribution is 7.98. The lowest BCUT2D eigenvalue weighted by atomic mass is 10.0. The van der Waals surface area contributed by atoms with Gasteiger partial charge in [0.1, 0.15) is 12.3 Å². The van der Waals surface area contributed by atoms with Gasteiger partial charge in [-0.2, -0.15) is 0 Å².